The summed E-state index contributed by atoms with van der Waals surface area (Å²) in [7, 11) is 0. The highest BCUT2D eigenvalue weighted by Gasteiger charge is 1.96. The number of hydrogen-bond donors (Lipinski definition) is 2. The third-order valence-corrected chi connectivity index (χ3v) is 3.88. The van der Waals surface area contributed by atoms with Crippen LogP contribution in [-0.4, -0.2) is 22.3 Å². The zero-order valence-corrected chi connectivity index (χ0v) is 14.9. The van der Waals surface area contributed by atoms with Gasteiger partial charge in [0.05, 0.1) is 6.10 Å². The van der Waals surface area contributed by atoms with Gasteiger partial charge in [-0.2, -0.15) is 0 Å². The number of hydrogen-bond acceptors (Lipinski definition) is 2. The number of carbonyl (C=O) groups is 1. The first-order chi connectivity index (χ1) is 11.2. The summed E-state index contributed by atoms with van der Waals surface area (Å²) >= 11 is 0. The maximum Gasteiger partial charge on any atom is 0.303 e. The molecule has 134 valence electrons. The molecule has 0 aliphatic rings. The number of aliphatic hydroxyl groups is 1. The van der Waals surface area contributed by atoms with Crippen LogP contribution in [0.25, 0.3) is 0 Å². The maximum absolute atomic E-state index is 10.3. The van der Waals surface area contributed by atoms with E-state index in [4.69, 9.17) is 5.11 Å². The molecule has 3 heteroatoms. The van der Waals surface area contributed by atoms with Gasteiger partial charge in [-0.05, 0) is 44.9 Å². The first-order valence-electron chi connectivity index (χ1n) is 9.38. The monoisotopic (exact) mass is 324 g/mol. The van der Waals surface area contributed by atoms with E-state index in [0.29, 0.717) is 0 Å². The van der Waals surface area contributed by atoms with Gasteiger partial charge in [0, 0.05) is 6.42 Å². The number of carboxylic acids is 1. The highest BCUT2D eigenvalue weighted by atomic mass is 16.4. The van der Waals surface area contributed by atoms with Crippen LogP contribution in [0.5, 0.6) is 0 Å². The Hall–Kier alpha value is -1.09. The molecule has 0 amide bonds. The zero-order chi connectivity index (χ0) is 17.2. The molecule has 0 fully saturated rings. The van der Waals surface area contributed by atoms with Crippen LogP contribution in [0.15, 0.2) is 24.3 Å². The SMILES string of the molecule is CCCCC(O)/C=C/CCCCCCC/C=C/CCCC(=O)O. The van der Waals surface area contributed by atoms with E-state index in [0.717, 1.165) is 44.9 Å². The summed E-state index contributed by atoms with van der Waals surface area (Å²) in [5, 5.41) is 18.2. The van der Waals surface area contributed by atoms with Crippen LogP contribution in [-0.2, 0) is 4.79 Å². The molecule has 0 rings (SSSR count). The number of aliphatic hydroxyl groups excluding tert-OH is 1. The molecule has 1 atom stereocenters. The topological polar surface area (TPSA) is 57.5 Å². The second-order valence-corrected chi connectivity index (χ2v) is 6.24. The second-order valence-electron chi connectivity index (χ2n) is 6.24. The number of rotatable bonds is 16. The van der Waals surface area contributed by atoms with Crippen molar-refractivity contribution in [2.45, 2.75) is 96.5 Å². The van der Waals surface area contributed by atoms with Gasteiger partial charge in [0.2, 0.25) is 0 Å². The van der Waals surface area contributed by atoms with E-state index in [1.165, 1.54) is 32.1 Å². The van der Waals surface area contributed by atoms with Crippen molar-refractivity contribution in [3.8, 4) is 0 Å². The predicted molar refractivity (Wildman–Crippen MR) is 97.6 cm³/mol. The average molecular weight is 325 g/mol. The summed E-state index contributed by atoms with van der Waals surface area (Å²) in [4.78, 5) is 10.3. The van der Waals surface area contributed by atoms with Crippen LogP contribution in [0.4, 0.5) is 0 Å². The van der Waals surface area contributed by atoms with Gasteiger partial charge in [0.1, 0.15) is 0 Å². The van der Waals surface area contributed by atoms with E-state index < -0.39 is 5.97 Å². The molecule has 0 radical (unpaired) electrons. The third-order valence-electron chi connectivity index (χ3n) is 3.88. The molecule has 0 aromatic heterocycles. The summed E-state index contributed by atoms with van der Waals surface area (Å²) in [5.41, 5.74) is 0. The molecule has 3 nitrogen and oxygen atoms in total. The standard InChI is InChI=1S/C20H36O3/c1-2-3-16-19(21)17-14-12-10-8-6-4-5-7-9-11-13-15-18-20(22)23/h9,11,14,17,19,21H,2-8,10,12-13,15-16,18H2,1H3,(H,22,23)/b11-9+,17-14+. The molecule has 0 aromatic carbocycles. The van der Waals surface area contributed by atoms with Crippen LogP contribution < -0.4 is 0 Å². The summed E-state index contributed by atoms with van der Waals surface area (Å²) < 4.78 is 0. The molecule has 0 aliphatic heterocycles. The van der Waals surface area contributed by atoms with Crippen LogP contribution in [0.3, 0.4) is 0 Å². The molecule has 0 bridgehead atoms. The van der Waals surface area contributed by atoms with E-state index in [9.17, 15) is 9.90 Å². The van der Waals surface area contributed by atoms with Gasteiger partial charge >= 0.3 is 5.97 Å². The van der Waals surface area contributed by atoms with Gasteiger partial charge in [-0.1, -0.05) is 63.3 Å². The molecule has 23 heavy (non-hydrogen) atoms. The molecule has 0 heterocycles. The largest absolute Gasteiger partial charge is 0.481 e. The lowest BCUT2D eigenvalue weighted by Gasteiger charge is -2.03. The van der Waals surface area contributed by atoms with E-state index >= 15 is 0 Å². The Morgan fingerprint density at radius 1 is 0.870 bits per heavy atom. The van der Waals surface area contributed by atoms with Crippen LogP contribution in [0.1, 0.15) is 90.4 Å². The Bertz CT molecular complexity index is 321. The highest BCUT2D eigenvalue weighted by molar-refractivity contribution is 5.66. The average Bonchev–Trinajstić information content (AvgIpc) is 2.52. The molecular formula is C20H36O3. The van der Waals surface area contributed by atoms with Crippen LogP contribution >= 0.6 is 0 Å². The molecule has 0 spiro atoms. The smallest absolute Gasteiger partial charge is 0.303 e. The van der Waals surface area contributed by atoms with Gasteiger partial charge < -0.3 is 10.2 Å². The molecule has 2 N–H and O–H groups in total. The number of unbranched alkanes of at least 4 members (excludes halogenated alkanes) is 8. The molecule has 0 saturated heterocycles. The zero-order valence-electron chi connectivity index (χ0n) is 14.9. The van der Waals surface area contributed by atoms with Crippen molar-refractivity contribution >= 4 is 5.97 Å². The van der Waals surface area contributed by atoms with E-state index in [1.807, 2.05) is 6.08 Å². The van der Waals surface area contributed by atoms with Crippen molar-refractivity contribution in [3.63, 3.8) is 0 Å². The summed E-state index contributed by atoms with van der Waals surface area (Å²) in [6.07, 6.45) is 21.6. The van der Waals surface area contributed by atoms with E-state index in [-0.39, 0.29) is 12.5 Å². The fourth-order valence-electron chi connectivity index (χ4n) is 2.42. The Morgan fingerprint density at radius 2 is 1.43 bits per heavy atom. The third kappa shape index (κ3) is 18.9. The van der Waals surface area contributed by atoms with E-state index in [2.05, 4.69) is 25.2 Å². The van der Waals surface area contributed by atoms with Gasteiger partial charge in [0.25, 0.3) is 0 Å². The Balaban J connectivity index is 3.25. The van der Waals surface area contributed by atoms with Crippen molar-refractivity contribution < 1.29 is 15.0 Å². The first kappa shape index (κ1) is 21.9. The van der Waals surface area contributed by atoms with Crippen molar-refractivity contribution in [2.75, 3.05) is 0 Å². The van der Waals surface area contributed by atoms with Gasteiger partial charge in [-0.25, -0.2) is 0 Å². The normalized spacial score (nSPS) is 13.1. The Labute approximate surface area is 142 Å². The lowest BCUT2D eigenvalue weighted by molar-refractivity contribution is -0.137. The van der Waals surface area contributed by atoms with Gasteiger partial charge in [0.15, 0.2) is 0 Å². The number of allylic oxidation sites excluding steroid dienone is 3. The molecule has 0 aromatic rings. The second kappa shape index (κ2) is 17.3. The first-order valence-corrected chi connectivity index (χ1v) is 9.38. The lowest BCUT2D eigenvalue weighted by Crippen LogP contribution is -2.00. The van der Waals surface area contributed by atoms with Gasteiger partial charge in [-0.15, -0.1) is 0 Å². The fourth-order valence-corrected chi connectivity index (χ4v) is 2.42. The molecule has 0 aliphatic carbocycles. The van der Waals surface area contributed by atoms with Crippen LogP contribution in [0.2, 0.25) is 0 Å². The van der Waals surface area contributed by atoms with Crippen LogP contribution in [0, 0.1) is 0 Å². The minimum Gasteiger partial charge on any atom is -0.481 e. The minimum absolute atomic E-state index is 0.253. The van der Waals surface area contributed by atoms with Crippen molar-refractivity contribution in [1.82, 2.24) is 0 Å². The van der Waals surface area contributed by atoms with E-state index in [1.54, 1.807) is 0 Å². The number of aliphatic carboxylic acids is 1. The quantitative estimate of drug-likeness (QED) is 0.285. The lowest BCUT2D eigenvalue weighted by atomic mass is 10.1. The molecule has 0 saturated carbocycles. The molecule has 1 unspecified atom stereocenters. The summed E-state index contributed by atoms with van der Waals surface area (Å²) in [5.74, 6) is -0.705. The summed E-state index contributed by atoms with van der Waals surface area (Å²) in [6.45, 7) is 2.14. The highest BCUT2D eigenvalue weighted by Crippen LogP contribution is 2.09. The fraction of sp³-hybridized carbons (Fsp3) is 0.750. The summed E-state index contributed by atoms with van der Waals surface area (Å²) in [6, 6.07) is 0. The van der Waals surface area contributed by atoms with Crippen molar-refractivity contribution in [1.29, 1.82) is 0 Å². The molecular weight excluding hydrogens is 288 g/mol. The number of carboxylic acid groups (broad SMARTS) is 1. The Morgan fingerprint density at radius 3 is 2.04 bits per heavy atom. The van der Waals surface area contributed by atoms with Gasteiger partial charge in [-0.3, -0.25) is 4.79 Å². The minimum atomic E-state index is -0.705. The Kier molecular flexibility index (Phi) is 16.4. The predicted octanol–water partition coefficient (Wildman–Crippen LogP) is 5.64. The van der Waals surface area contributed by atoms with Crippen molar-refractivity contribution in [2.24, 2.45) is 0 Å². The maximum atomic E-state index is 10.3. The van der Waals surface area contributed by atoms with Crippen molar-refractivity contribution in [3.05, 3.63) is 24.3 Å².